The highest BCUT2D eigenvalue weighted by Crippen LogP contribution is 2.28. The standard InChI is InChI=1S/C22H23ClFN5O2/c1-12-9-13(2)29-20(25-12)11-19(28-29)22(31)26-16-6-3-14(4-7-16)21(30)27-18-8-5-15(24)10-17(18)23/h5,8-11,14,16H,3-4,6-7H2,1-2H3,(H,26,31)(H,27,30). The maximum Gasteiger partial charge on any atom is 0.272 e. The third kappa shape index (κ3) is 4.69. The number of halogens is 2. The fourth-order valence-corrected chi connectivity index (χ4v) is 4.20. The Balaban J connectivity index is 1.33. The molecule has 9 heteroatoms. The zero-order chi connectivity index (χ0) is 22.1. The summed E-state index contributed by atoms with van der Waals surface area (Å²) in [6.45, 7) is 3.82. The Morgan fingerprint density at radius 1 is 1.13 bits per heavy atom. The van der Waals surface area contributed by atoms with Gasteiger partial charge in [0.05, 0.1) is 10.7 Å². The fraction of sp³-hybridized carbons (Fsp3) is 0.364. The van der Waals surface area contributed by atoms with Crippen molar-refractivity contribution in [1.82, 2.24) is 19.9 Å². The lowest BCUT2D eigenvalue weighted by molar-refractivity contribution is -0.120. The SMILES string of the molecule is Cc1cc(C)n2nc(C(=O)NC3CCC(C(=O)Nc4ccc(F)cc4Cl)CC3)cc2n1. The summed E-state index contributed by atoms with van der Waals surface area (Å²) in [7, 11) is 0. The van der Waals surface area contributed by atoms with Crippen molar-refractivity contribution in [3.63, 3.8) is 0 Å². The highest BCUT2D eigenvalue weighted by Gasteiger charge is 2.28. The smallest absolute Gasteiger partial charge is 0.272 e. The summed E-state index contributed by atoms with van der Waals surface area (Å²) in [6, 6.07) is 7.45. The van der Waals surface area contributed by atoms with Gasteiger partial charge in [0.2, 0.25) is 5.91 Å². The number of nitrogens with zero attached hydrogens (tertiary/aromatic N) is 3. The van der Waals surface area contributed by atoms with Gasteiger partial charge in [-0.1, -0.05) is 11.6 Å². The minimum Gasteiger partial charge on any atom is -0.348 e. The lowest BCUT2D eigenvalue weighted by Crippen LogP contribution is -2.39. The molecule has 1 saturated carbocycles. The molecule has 1 aliphatic carbocycles. The molecule has 3 aromatic rings. The third-order valence-corrected chi connectivity index (χ3v) is 5.90. The van der Waals surface area contributed by atoms with Gasteiger partial charge in [0, 0.05) is 29.4 Å². The monoisotopic (exact) mass is 443 g/mol. The van der Waals surface area contributed by atoms with E-state index in [1.807, 2.05) is 19.9 Å². The van der Waals surface area contributed by atoms with Crippen LogP contribution in [-0.4, -0.2) is 32.5 Å². The number of aryl methyl sites for hydroxylation is 2. The van der Waals surface area contributed by atoms with E-state index in [9.17, 15) is 14.0 Å². The van der Waals surface area contributed by atoms with Crippen LogP contribution in [0.25, 0.3) is 5.65 Å². The lowest BCUT2D eigenvalue weighted by Gasteiger charge is -2.28. The molecule has 0 spiro atoms. The first kappa shape index (κ1) is 21.2. The third-order valence-electron chi connectivity index (χ3n) is 5.59. The van der Waals surface area contributed by atoms with E-state index in [2.05, 4.69) is 20.7 Å². The number of aromatic nitrogens is 3. The van der Waals surface area contributed by atoms with E-state index in [4.69, 9.17) is 11.6 Å². The number of nitrogens with one attached hydrogen (secondary N) is 2. The number of fused-ring (bicyclic) bond motifs is 1. The largest absolute Gasteiger partial charge is 0.348 e. The van der Waals surface area contributed by atoms with E-state index >= 15 is 0 Å². The predicted octanol–water partition coefficient (Wildman–Crippen LogP) is 4.07. The molecule has 4 rings (SSSR count). The van der Waals surface area contributed by atoms with Crippen LogP contribution in [0.1, 0.15) is 47.6 Å². The summed E-state index contributed by atoms with van der Waals surface area (Å²) in [4.78, 5) is 29.6. The van der Waals surface area contributed by atoms with E-state index in [0.29, 0.717) is 42.7 Å². The Bertz CT molecular complexity index is 1150. The van der Waals surface area contributed by atoms with E-state index in [-0.39, 0.29) is 28.8 Å². The van der Waals surface area contributed by atoms with Crippen LogP contribution in [0.15, 0.2) is 30.3 Å². The number of hydrogen-bond donors (Lipinski definition) is 2. The van der Waals surface area contributed by atoms with Gasteiger partial charge in [0.25, 0.3) is 5.91 Å². The van der Waals surface area contributed by atoms with Gasteiger partial charge in [-0.25, -0.2) is 13.9 Å². The van der Waals surface area contributed by atoms with Gasteiger partial charge >= 0.3 is 0 Å². The molecule has 1 aliphatic rings. The van der Waals surface area contributed by atoms with Gasteiger partial charge in [-0.15, -0.1) is 0 Å². The van der Waals surface area contributed by atoms with E-state index in [1.165, 1.54) is 18.2 Å². The molecule has 0 atom stereocenters. The van der Waals surface area contributed by atoms with E-state index in [0.717, 1.165) is 11.4 Å². The van der Waals surface area contributed by atoms with E-state index in [1.54, 1.807) is 10.6 Å². The van der Waals surface area contributed by atoms with Crippen molar-refractivity contribution in [1.29, 1.82) is 0 Å². The quantitative estimate of drug-likeness (QED) is 0.636. The molecule has 7 nitrogen and oxygen atoms in total. The Kier molecular flexibility index (Phi) is 5.91. The Morgan fingerprint density at radius 2 is 1.87 bits per heavy atom. The first-order chi connectivity index (χ1) is 14.8. The second-order valence-corrected chi connectivity index (χ2v) is 8.38. The Morgan fingerprint density at radius 3 is 2.58 bits per heavy atom. The van der Waals surface area contributed by atoms with Crippen molar-refractivity contribution in [2.75, 3.05) is 5.32 Å². The highest BCUT2D eigenvalue weighted by atomic mass is 35.5. The summed E-state index contributed by atoms with van der Waals surface area (Å²) in [6.07, 6.45) is 2.65. The molecule has 2 N–H and O–H groups in total. The number of anilines is 1. The molecule has 162 valence electrons. The summed E-state index contributed by atoms with van der Waals surface area (Å²) >= 11 is 5.98. The zero-order valence-electron chi connectivity index (χ0n) is 17.3. The van der Waals surface area contributed by atoms with Gasteiger partial charge in [-0.3, -0.25) is 9.59 Å². The van der Waals surface area contributed by atoms with Crippen LogP contribution in [0.2, 0.25) is 5.02 Å². The molecule has 0 unspecified atom stereocenters. The summed E-state index contributed by atoms with van der Waals surface area (Å²) in [5.74, 6) is -1.02. The molecular formula is C22H23ClFN5O2. The van der Waals surface area contributed by atoms with Crippen molar-refractivity contribution >= 4 is 34.7 Å². The van der Waals surface area contributed by atoms with Crippen molar-refractivity contribution < 1.29 is 14.0 Å². The van der Waals surface area contributed by atoms with Crippen molar-refractivity contribution in [2.45, 2.75) is 45.6 Å². The van der Waals surface area contributed by atoms with Gasteiger partial charge in [-0.05, 0) is 63.8 Å². The number of carbonyl (C=O) groups is 2. The van der Waals surface area contributed by atoms with E-state index < -0.39 is 5.82 Å². The molecule has 1 fully saturated rings. The predicted molar refractivity (Wildman–Crippen MR) is 116 cm³/mol. The van der Waals surface area contributed by atoms with Crippen molar-refractivity contribution in [3.8, 4) is 0 Å². The average molecular weight is 444 g/mol. The van der Waals surface area contributed by atoms with Gasteiger partial charge in [0.15, 0.2) is 11.3 Å². The van der Waals surface area contributed by atoms with Gasteiger partial charge < -0.3 is 10.6 Å². The van der Waals surface area contributed by atoms with Crippen LogP contribution >= 0.6 is 11.6 Å². The normalized spacial score (nSPS) is 18.7. The number of amides is 2. The van der Waals surface area contributed by atoms with Crippen LogP contribution < -0.4 is 10.6 Å². The maximum absolute atomic E-state index is 13.2. The Labute approximate surface area is 184 Å². The summed E-state index contributed by atoms with van der Waals surface area (Å²) in [5, 5.41) is 10.3. The van der Waals surface area contributed by atoms with Crippen LogP contribution in [0.4, 0.5) is 10.1 Å². The first-order valence-corrected chi connectivity index (χ1v) is 10.6. The molecule has 2 amide bonds. The molecule has 0 aliphatic heterocycles. The molecule has 2 aromatic heterocycles. The molecule has 2 heterocycles. The lowest BCUT2D eigenvalue weighted by atomic mass is 9.85. The topological polar surface area (TPSA) is 88.4 Å². The molecule has 0 bridgehead atoms. The second kappa shape index (κ2) is 8.63. The highest BCUT2D eigenvalue weighted by molar-refractivity contribution is 6.33. The van der Waals surface area contributed by atoms with Crippen molar-refractivity contribution in [2.24, 2.45) is 5.92 Å². The summed E-state index contributed by atoms with van der Waals surface area (Å²) in [5.41, 5.74) is 3.15. The van der Waals surface area contributed by atoms with Crippen LogP contribution in [0.5, 0.6) is 0 Å². The zero-order valence-corrected chi connectivity index (χ0v) is 18.0. The fourth-order valence-electron chi connectivity index (χ4n) is 3.98. The molecule has 31 heavy (non-hydrogen) atoms. The maximum atomic E-state index is 13.2. The molecular weight excluding hydrogens is 421 g/mol. The van der Waals surface area contributed by atoms with Crippen LogP contribution in [-0.2, 0) is 4.79 Å². The number of carbonyl (C=O) groups excluding carboxylic acids is 2. The molecule has 0 radical (unpaired) electrons. The summed E-state index contributed by atoms with van der Waals surface area (Å²) < 4.78 is 14.8. The first-order valence-electron chi connectivity index (χ1n) is 10.2. The average Bonchev–Trinajstić information content (AvgIpc) is 3.15. The minimum absolute atomic E-state index is 0.0217. The second-order valence-electron chi connectivity index (χ2n) is 7.97. The molecule has 1 aromatic carbocycles. The van der Waals surface area contributed by atoms with Crippen LogP contribution in [0, 0.1) is 25.6 Å². The van der Waals surface area contributed by atoms with Crippen LogP contribution in [0.3, 0.4) is 0 Å². The molecule has 0 saturated heterocycles. The Hall–Kier alpha value is -3.00. The van der Waals surface area contributed by atoms with Crippen molar-refractivity contribution in [3.05, 3.63) is 58.3 Å². The van der Waals surface area contributed by atoms with Gasteiger partial charge in [0.1, 0.15) is 5.82 Å². The number of hydrogen-bond acceptors (Lipinski definition) is 4. The van der Waals surface area contributed by atoms with Gasteiger partial charge in [-0.2, -0.15) is 5.10 Å². The minimum atomic E-state index is -0.453. The number of rotatable bonds is 4. The number of benzene rings is 1.